The fourth-order valence-electron chi connectivity index (χ4n) is 3.32. The Morgan fingerprint density at radius 1 is 1.11 bits per heavy atom. The van der Waals surface area contributed by atoms with Crippen LogP contribution in [0.5, 0.6) is 11.5 Å². The van der Waals surface area contributed by atoms with E-state index in [1.165, 1.54) is 0 Å². The Morgan fingerprint density at radius 2 is 1.81 bits per heavy atom. The molecule has 0 spiro atoms. The number of ether oxygens (including phenoxy) is 2. The number of hydrogen-bond donors (Lipinski definition) is 0. The summed E-state index contributed by atoms with van der Waals surface area (Å²) in [5.41, 5.74) is 1.77. The summed E-state index contributed by atoms with van der Waals surface area (Å²) in [6.45, 7) is 0.871. The lowest BCUT2D eigenvalue weighted by Crippen LogP contribution is -2.34. The molecule has 0 N–H and O–H groups in total. The molecule has 0 radical (unpaired) electrons. The molecule has 0 saturated carbocycles. The Morgan fingerprint density at radius 3 is 2.48 bits per heavy atom. The zero-order chi connectivity index (χ0) is 19.4. The van der Waals surface area contributed by atoms with Crippen LogP contribution in [0, 0.1) is 5.92 Å². The van der Waals surface area contributed by atoms with Crippen molar-refractivity contribution in [2.24, 2.45) is 5.92 Å². The predicted octanol–water partition coefficient (Wildman–Crippen LogP) is 2.72. The fraction of sp³-hybridized carbons (Fsp3) is 0.333. The number of nitrogens with zero attached hydrogens (tertiary/aromatic N) is 2. The normalized spacial score (nSPS) is 16.3. The number of hydrogen-bond acceptors (Lipinski definition) is 4. The summed E-state index contributed by atoms with van der Waals surface area (Å²) in [6, 6.07) is 14.9. The highest BCUT2D eigenvalue weighted by Crippen LogP contribution is 2.28. The van der Waals surface area contributed by atoms with Gasteiger partial charge in [-0.15, -0.1) is 0 Å². The SMILES string of the molecule is COc1ccc(N2CC(C(=O)N(C)Cc3cccc(OC)c3)CC2=O)cc1. The van der Waals surface area contributed by atoms with Crippen molar-refractivity contribution in [3.05, 3.63) is 54.1 Å². The molecule has 1 fully saturated rings. The molecule has 2 aromatic carbocycles. The summed E-state index contributed by atoms with van der Waals surface area (Å²) in [4.78, 5) is 28.6. The van der Waals surface area contributed by atoms with E-state index in [9.17, 15) is 9.59 Å². The molecule has 2 amide bonds. The van der Waals surface area contributed by atoms with Gasteiger partial charge in [-0.05, 0) is 42.0 Å². The summed E-state index contributed by atoms with van der Waals surface area (Å²) < 4.78 is 10.4. The Hall–Kier alpha value is -3.02. The van der Waals surface area contributed by atoms with Crippen LogP contribution < -0.4 is 14.4 Å². The Bertz CT molecular complexity index is 819. The van der Waals surface area contributed by atoms with Crippen LogP contribution in [0.15, 0.2) is 48.5 Å². The highest BCUT2D eigenvalue weighted by Gasteiger charge is 2.36. The van der Waals surface area contributed by atoms with E-state index in [4.69, 9.17) is 9.47 Å². The zero-order valence-electron chi connectivity index (χ0n) is 15.8. The third-order valence-corrected chi connectivity index (χ3v) is 4.79. The van der Waals surface area contributed by atoms with Crippen molar-refractivity contribution in [2.75, 3.05) is 32.7 Å². The van der Waals surface area contributed by atoms with Crippen LogP contribution in [0.4, 0.5) is 5.69 Å². The second-order valence-corrected chi connectivity index (χ2v) is 6.65. The molecule has 1 aliphatic heterocycles. The number of carbonyl (C=O) groups is 2. The average Bonchev–Trinajstić information content (AvgIpc) is 3.09. The van der Waals surface area contributed by atoms with Gasteiger partial charge in [0.05, 0.1) is 20.1 Å². The van der Waals surface area contributed by atoms with Crippen LogP contribution in [-0.2, 0) is 16.1 Å². The Kier molecular flexibility index (Phi) is 5.64. The van der Waals surface area contributed by atoms with E-state index in [0.29, 0.717) is 13.1 Å². The van der Waals surface area contributed by atoms with Crippen molar-refractivity contribution < 1.29 is 19.1 Å². The van der Waals surface area contributed by atoms with Gasteiger partial charge in [0, 0.05) is 32.2 Å². The molecule has 1 aliphatic rings. The van der Waals surface area contributed by atoms with Crippen LogP contribution in [0.25, 0.3) is 0 Å². The molecule has 2 aromatic rings. The number of benzene rings is 2. The molecule has 6 nitrogen and oxygen atoms in total. The van der Waals surface area contributed by atoms with Crippen LogP contribution in [0.1, 0.15) is 12.0 Å². The predicted molar refractivity (Wildman–Crippen MR) is 103 cm³/mol. The number of amides is 2. The summed E-state index contributed by atoms with van der Waals surface area (Å²) in [7, 11) is 4.98. The summed E-state index contributed by atoms with van der Waals surface area (Å²) in [5, 5.41) is 0. The Labute approximate surface area is 159 Å². The van der Waals surface area contributed by atoms with Gasteiger partial charge in [0.1, 0.15) is 11.5 Å². The molecule has 0 aliphatic carbocycles. The van der Waals surface area contributed by atoms with E-state index in [0.717, 1.165) is 22.7 Å². The second-order valence-electron chi connectivity index (χ2n) is 6.65. The molecule has 27 heavy (non-hydrogen) atoms. The molecule has 1 unspecified atom stereocenters. The summed E-state index contributed by atoms with van der Waals surface area (Å²) in [5.74, 6) is 1.09. The second kappa shape index (κ2) is 8.12. The first-order valence-electron chi connectivity index (χ1n) is 8.84. The Balaban J connectivity index is 1.65. The lowest BCUT2D eigenvalue weighted by Gasteiger charge is -2.22. The van der Waals surface area contributed by atoms with Crippen LogP contribution in [-0.4, -0.2) is 44.5 Å². The van der Waals surface area contributed by atoms with Gasteiger partial charge in [-0.2, -0.15) is 0 Å². The fourth-order valence-corrected chi connectivity index (χ4v) is 3.32. The van der Waals surface area contributed by atoms with Crippen molar-refractivity contribution >= 4 is 17.5 Å². The monoisotopic (exact) mass is 368 g/mol. The molecular weight excluding hydrogens is 344 g/mol. The van der Waals surface area contributed by atoms with Gasteiger partial charge >= 0.3 is 0 Å². The van der Waals surface area contributed by atoms with E-state index in [-0.39, 0.29) is 24.2 Å². The lowest BCUT2D eigenvalue weighted by molar-refractivity contribution is -0.135. The molecule has 1 atom stereocenters. The van der Waals surface area contributed by atoms with E-state index < -0.39 is 0 Å². The van der Waals surface area contributed by atoms with Crippen LogP contribution >= 0.6 is 0 Å². The van der Waals surface area contributed by atoms with Crippen molar-refractivity contribution in [2.45, 2.75) is 13.0 Å². The molecule has 0 bridgehead atoms. The van der Waals surface area contributed by atoms with Gasteiger partial charge < -0.3 is 19.3 Å². The van der Waals surface area contributed by atoms with E-state index in [1.54, 1.807) is 31.1 Å². The first kappa shape index (κ1) is 18.8. The van der Waals surface area contributed by atoms with Gasteiger partial charge in [-0.3, -0.25) is 9.59 Å². The summed E-state index contributed by atoms with van der Waals surface area (Å²) in [6.07, 6.45) is 0.229. The smallest absolute Gasteiger partial charge is 0.228 e. The minimum Gasteiger partial charge on any atom is -0.497 e. The molecule has 1 heterocycles. The minimum atomic E-state index is -0.338. The van der Waals surface area contributed by atoms with Gasteiger partial charge in [0.25, 0.3) is 0 Å². The largest absolute Gasteiger partial charge is 0.497 e. The maximum Gasteiger partial charge on any atom is 0.228 e. The maximum atomic E-state index is 12.8. The van der Waals surface area contributed by atoms with Crippen molar-refractivity contribution in [3.8, 4) is 11.5 Å². The number of rotatable bonds is 6. The maximum absolute atomic E-state index is 12.8. The molecule has 3 rings (SSSR count). The number of methoxy groups -OCH3 is 2. The van der Waals surface area contributed by atoms with Crippen molar-refractivity contribution in [1.29, 1.82) is 0 Å². The highest BCUT2D eigenvalue weighted by molar-refractivity contribution is 6.00. The molecule has 0 aromatic heterocycles. The standard InChI is InChI=1S/C21H24N2O4/c1-22(13-15-5-4-6-19(11-15)27-3)21(25)16-12-20(24)23(14-16)17-7-9-18(26-2)10-8-17/h4-11,16H,12-14H2,1-3H3. The average molecular weight is 368 g/mol. The van der Waals surface area contributed by atoms with Gasteiger partial charge in [0.15, 0.2) is 0 Å². The molecule has 6 heteroatoms. The van der Waals surface area contributed by atoms with E-state index in [2.05, 4.69) is 0 Å². The van der Waals surface area contributed by atoms with Gasteiger partial charge in [-0.25, -0.2) is 0 Å². The highest BCUT2D eigenvalue weighted by atomic mass is 16.5. The van der Waals surface area contributed by atoms with Crippen LogP contribution in [0.3, 0.4) is 0 Å². The third kappa shape index (κ3) is 4.22. The van der Waals surface area contributed by atoms with Crippen molar-refractivity contribution in [3.63, 3.8) is 0 Å². The first-order valence-corrected chi connectivity index (χ1v) is 8.84. The number of anilines is 1. The zero-order valence-corrected chi connectivity index (χ0v) is 15.8. The molecular formula is C21H24N2O4. The number of carbonyl (C=O) groups excluding carboxylic acids is 2. The minimum absolute atomic E-state index is 0.0258. The first-order chi connectivity index (χ1) is 13.0. The van der Waals surface area contributed by atoms with Crippen molar-refractivity contribution in [1.82, 2.24) is 4.90 Å². The molecule has 1 saturated heterocycles. The lowest BCUT2D eigenvalue weighted by atomic mass is 10.1. The van der Waals surface area contributed by atoms with Gasteiger partial charge in [0.2, 0.25) is 11.8 Å². The topological polar surface area (TPSA) is 59.1 Å². The quantitative estimate of drug-likeness (QED) is 0.787. The third-order valence-electron chi connectivity index (χ3n) is 4.79. The molecule has 142 valence electrons. The van der Waals surface area contributed by atoms with Crippen LogP contribution in [0.2, 0.25) is 0 Å². The van der Waals surface area contributed by atoms with E-state index in [1.807, 2.05) is 48.5 Å². The van der Waals surface area contributed by atoms with Gasteiger partial charge in [-0.1, -0.05) is 12.1 Å². The van der Waals surface area contributed by atoms with E-state index >= 15 is 0 Å². The summed E-state index contributed by atoms with van der Waals surface area (Å²) >= 11 is 0.